The molecule has 0 radical (unpaired) electrons. The first-order valence-corrected chi connectivity index (χ1v) is 6.59. The highest BCUT2D eigenvalue weighted by Gasteiger charge is 2.14. The Hall–Kier alpha value is -2.02. The van der Waals surface area contributed by atoms with E-state index in [1.54, 1.807) is 0 Å². The van der Waals surface area contributed by atoms with Gasteiger partial charge in [-0.2, -0.15) is 0 Å². The number of nitro groups is 1. The molecule has 4 nitrogen and oxygen atoms in total. The number of halogens is 3. The maximum Gasteiger partial charge on any atom is 0.269 e. The Kier molecular flexibility index (Phi) is 4.29. The van der Waals surface area contributed by atoms with E-state index in [0.29, 0.717) is 10.9 Å². The lowest BCUT2D eigenvalue weighted by atomic mass is 10.2. The van der Waals surface area contributed by atoms with Gasteiger partial charge in [0.15, 0.2) is 17.4 Å². The normalized spacial score (nSPS) is 10.3. The van der Waals surface area contributed by atoms with Gasteiger partial charge >= 0.3 is 0 Å². The van der Waals surface area contributed by atoms with E-state index in [-0.39, 0.29) is 11.4 Å². The molecular weight excluding hydrogens is 336 g/mol. The van der Waals surface area contributed by atoms with Gasteiger partial charge in [-0.1, -0.05) is 15.9 Å². The number of nitro benzene ring substituents is 1. The minimum absolute atomic E-state index is 0.111. The molecule has 0 aliphatic carbocycles. The first-order chi connectivity index (χ1) is 9.51. The molecule has 0 amide bonds. The molecule has 0 unspecified atom stereocenters. The Balaban J connectivity index is 2.28. The molecule has 0 spiro atoms. The van der Waals surface area contributed by atoms with Gasteiger partial charge in [0.05, 0.1) is 4.92 Å². The predicted molar refractivity (Wildman–Crippen MR) is 72.2 cm³/mol. The Labute approximate surface area is 121 Å². The third kappa shape index (κ3) is 3.11. The van der Waals surface area contributed by atoms with E-state index in [1.807, 2.05) is 0 Å². The SMILES string of the molecule is O=[N+]([O-])c1ccc(Oc2c(F)cc(CBr)cc2F)cc1. The standard InChI is InChI=1S/C13H8BrF2NO3/c14-7-8-5-11(15)13(12(16)6-8)20-10-3-1-9(2-4-10)17(18)19/h1-6H,7H2. The summed E-state index contributed by atoms with van der Waals surface area (Å²) in [5, 5.41) is 10.8. The van der Waals surface area contributed by atoms with Crippen LogP contribution in [0.15, 0.2) is 36.4 Å². The Morgan fingerprint density at radius 2 is 1.70 bits per heavy atom. The summed E-state index contributed by atoms with van der Waals surface area (Å²) >= 11 is 3.10. The van der Waals surface area contributed by atoms with Gasteiger partial charge in [0.25, 0.3) is 5.69 Å². The van der Waals surface area contributed by atoms with Gasteiger partial charge in [0, 0.05) is 17.5 Å². The monoisotopic (exact) mass is 343 g/mol. The summed E-state index contributed by atoms with van der Waals surface area (Å²) in [7, 11) is 0. The van der Waals surface area contributed by atoms with Gasteiger partial charge in [-0.3, -0.25) is 10.1 Å². The van der Waals surface area contributed by atoms with Crippen molar-refractivity contribution in [2.24, 2.45) is 0 Å². The van der Waals surface area contributed by atoms with Crippen molar-refractivity contribution in [3.8, 4) is 11.5 Å². The van der Waals surface area contributed by atoms with E-state index in [0.717, 1.165) is 12.1 Å². The van der Waals surface area contributed by atoms with Crippen LogP contribution in [0.1, 0.15) is 5.56 Å². The average molecular weight is 344 g/mol. The van der Waals surface area contributed by atoms with Gasteiger partial charge in [-0.05, 0) is 29.8 Å². The Bertz CT molecular complexity index is 624. The topological polar surface area (TPSA) is 52.4 Å². The summed E-state index contributed by atoms with van der Waals surface area (Å²) < 4.78 is 32.5. The third-order valence-corrected chi connectivity index (χ3v) is 3.13. The molecular formula is C13H8BrF2NO3. The van der Waals surface area contributed by atoms with Crippen molar-refractivity contribution in [1.29, 1.82) is 0 Å². The molecule has 0 saturated carbocycles. The minimum Gasteiger partial charge on any atom is -0.451 e. The van der Waals surface area contributed by atoms with Crippen molar-refractivity contribution >= 4 is 21.6 Å². The maximum absolute atomic E-state index is 13.7. The molecule has 0 saturated heterocycles. The first-order valence-electron chi connectivity index (χ1n) is 5.47. The molecule has 2 rings (SSSR count). The molecule has 0 fully saturated rings. The number of rotatable bonds is 4. The van der Waals surface area contributed by atoms with E-state index >= 15 is 0 Å². The van der Waals surface area contributed by atoms with Crippen molar-refractivity contribution in [3.63, 3.8) is 0 Å². The molecule has 0 aliphatic rings. The fourth-order valence-corrected chi connectivity index (χ4v) is 1.86. The number of non-ortho nitro benzene ring substituents is 1. The van der Waals surface area contributed by atoms with Gasteiger partial charge in [0.1, 0.15) is 5.75 Å². The summed E-state index contributed by atoms with van der Waals surface area (Å²) in [4.78, 5) is 9.92. The van der Waals surface area contributed by atoms with Crippen LogP contribution in [0.2, 0.25) is 0 Å². The van der Waals surface area contributed by atoms with Gasteiger partial charge in [-0.15, -0.1) is 0 Å². The molecule has 2 aromatic rings. The Morgan fingerprint density at radius 1 is 1.15 bits per heavy atom. The van der Waals surface area contributed by atoms with E-state index in [9.17, 15) is 18.9 Å². The van der Waals surface area contributed by atoms with E-state index in [1.165, 1.54) is 24.3 Å². The van der Waals surface area contributed by atoms with E-state index in [2.05, 4.69) is 15.9 Å². The summed E-state index contributed by atoms with van der Waals surface area (Å²) in [5.74, 6) is -2.10. The molecule has 0 atom stereocenters. The number of nitrogens with zero attached hydrogens (tertiary/aromatic N) is 1. The smallest absolute Gasteiger partial charge is 0.269 e. The highest BCUT2D eigenvalue weighted by Crippen LogP contribution is 2.30. The molecule has 104 valence electrons. The fourth-order valence-electron chi connectivity index (χ4n) is 1.54. The quantitative estimate of drug-likeness (QED) is 0.464. The number of hydrogen-bond acceptors (Lipinski definition) is 3. The molecule has 0 heterocycles. The lowest BCUT2D eigenvalue weighted by Gasteiger charge is -2.09. The molecule has 7 heteroatoms. The van der Waals surface area contributed by atoms with Crippen LogP contribution in [0.3, 0.4) is 0 Å². The van der Waals surface area contributed by atoms with Crippen molar-refractivity contribution in [1.82, 2.24) is 0 Å². The van der Waals surface area contributed by atoms with Crippen LogP contribution in [-0.4, -0.2) is 4.92 Å². The summed E-state index contributed by atoms with van der Waals surface area (Å²) in [6.07, 6.45) is 0. The third-order valence-electron chi connectivity index (χ3n) is 2.48. The highest BCUT2D eigenvalue weighted by molar-refractivity contribution is 9.08. The van der Waals surface area contributed by atoms with Gasteiger partial charge in [0.2, 0.25) is 0 Å². The van der Waals surface area contributed by atoms with Crippen molar-refractivity contribution in [2.75, 3.05) is 0 Å². The van der Waals surface area contributed by atoms with Gasteiger partial charge < -0.3 is 4.74 Å². The fraction of sp³-hybridized carbons (Fsp3) is 0.0769. The molecule has 2 aromatic carbocycles. The summed E-state index contributed by atoms with van der Waals surface area (Å²) in [5.41, 5.74) is 0.309. The van der Waals surface area contributed by atoms with Crippen LogP contribution in [0.4, 0.5) is 14.5 Å². The summed E-state index contributed by atoms with van der Waals surface area (Å²) in [6.45, 7) is 0. The lowest BCUT2D eigenvalue weighted by molar-refractivity contribution is -0.384. The zero-order chi connectivity index (χ0) is 14.7. The highest BCUT2D eigenvalue weighted by atomic mass is 79.9. The van der Waals surface area contributed by atoms with E-state index < -0.39 is 22.3 Å². The van der Waals surface area contributed by atoms with Crippen LogP contribution < -0.4 is 4.74 Å². The van der Waals surface area contributed by atoms with Crippen molar-refractivity contribution in [2.45, 2.75) is 5.33 Å². The average Bonchev–Trinajstić information content (AvgIpc) is 2.43. The number of benzene rings is 2. The zero-order valence-electron chi connectivity index (χ0n) is 9.98. The lowest BCUT2D eigenvalue weighted by Crippen LogP contribution is -1.95. The Morgan fingerprint density at radius 3 is 2.15 bits per heavy atom. The second-order valence-electron chi connectivity index (χ2n) is 3.88. The molecule has 0 N–H and O–H groups in total. The molecule has 0 bridgehead atoms. The van der Waals surface area contributed by atoms with Crippen LogP contribution in [-0.2, 0) is 5.33 Å². The second kappa shape index (κ2) is 5.96. The molecule has 20 heavy (non-hydrogen) atoms. The summed E-state index contributed by atoms with van der Waals surface area (Å²) in [6, 6.07) is 7.23. The number of ether oxygens (including phenoxy) is 1. The van der Waals surface area contributed by atoms with E-state index in [4.69, 9.17) is 4.74 Å². The largest absolute Gasteiger partial charge is 0.451 e. The van der Waals surface area contributed by atoms with Crippen LogP contribution in [0.25, 0.3) is 0 Å². The molecule has 0 aromatic heterocycles. The van der Waals surface area contributed by atoms with Gasteiger partial charge in [-0.25, -0.2) is 8.78 Å². The zero-order valence-corrected chi connectivity index (χ0v) is 11.6. The van der Waals surface area contributed by atoms with Crippen molar-refractivity contribution in [3.05, 3.63) is 63.7 Å². The van der Waals surface area contributed by atoms with Crippen LogP contribution in [0, 0.1) is 21.7 Å². The molecule has 0 aliphatic heterocycles. The number of alkyl halides is 1. The predicted octanol–water partition coefficient (Wildman–Crippen LogP) is 4.56. The minimum atomic E-state index is -0.835. The van der Waals surface area contributed by atoms with Crippen LogP contribution >= 0.6 is 15.9 Å². The van der Waals surface area contributed by atoms with Crippen LogP contribution in [0.5, 0.6) is 11.5 Å². The first kappa shape index (κ1) is 14.4. The van der Waals surface area contributed by atoms with Crippen molar-refractivity contribution < 1.29 is 18.4 Å². The maximum atomic E-state index is 13.7. The number of hydrogen-bond donors (Lipinski definition) is 0. The second-order valence-corrected chi connectivity index (χ2v) is 4.44.